The highest BCUT2D eigenvalue weighted by molar-refractivity contribution is 7.91. The van der Waals surface area contributed by atoms with Gasteiger partial charge in [-0.1, -0.05) is 0 Å². The van der Waals surface area contributed by atoms with Crippen molar-refractivity contribution in [3.63, 3.8) is 0 Å². The van der Waals surface area contributed by atoms with Crippen LogP contribution in [0.1, 0.15) is 19.8 Å². The van der Waals surface area contributed by atoms with Crippen molar-refractivity contribution >= 4 is 25.5 Å². The molecule has 8 heteroatoms. The first kappa shape index (κ1) is 14.3. The lowest BCUT2D eigenvalue weighted by Gasteiger charge is -2.14. The molecule has 1 aromatic rings. The van der Waals surface area contributed by atoms with Gasteiger partial charge < -0.3 is 5.73 Å². The Morgan fingerprint density at radius 1 is 1.21 bits per heavy atom. The molecule has 0 aliphatic heterocycles. The van der Waals surface area contributed by atoms with Crippen LogP contribution in [-0.4, -0.2) is 28.6 Å². The topological polar surface area (TPSA) is 106 Å². The highest BCUT2D eigenvalue weighted by atomic mass is 32.2. The van der Waals surface area contributed by atoms with E-state index in [2.05, 4.69) is 4.72 Å². The zero-order valence-corrected chi connectivity index (χ0v) is 12.3. The Kier molecular flexibility index (Phi) is 3.15. The molecule has 1 aromatic carbocycles. The molecule has 0 amide bonds. The fourth-order valence-electron chi connectivity index (χ4n) is 1.65. The van der Waals surface area contributed by atoms with Crippen LogP contribution in [0, 0.1) is 0 Å². The number of anilines is 1. The fourth-order valence-corrected chi connectivity index (χ4v) is 3.99. The second kappa shape index (κ2) is 4.19. The van der Waals surface area contributed by atoms with Crippen molar-refractivity contribution in [3.8, 4) is 0 Å². The molecular weight excluding hydrogens is 288 g/mol. The summed E-state index contributed by atoms with van der Waals surface area (Å²) >= 11 is 0. The van der Waals surface area contributed by atoms with Crippen LogP contribution in [0.25, 0.3) is 0 Å². The Balaban J connectivity index is 2.49. The van der Waals surface area contributed by atoms with E-state index in [1.807, 2.05) is 0 Å². The number of hydrogen-bond donors (Lipinski definition) is 2. The molecule has 6 nitrogen and oxygen atoms in total. The molecule has 0 spiro atoms. The minimum Gasteiger partial charge on any atom is -0.398 e. The predicted molar refractivity (Wildman–Crippen MR) is 71.9 cm³/mol. The lowest BCUT2D eigenvalue weighted by atomic mass is 10.3. The van der Waals surface area contributed by atoms with E-state index < -0.39 is 25.4 Å². The number of sulfone groups is 1. The standard InChI is InChI=1S/C11H16N2O4S2/c1-11(5-6-11)13-19(16,17)10-7-8(18(2,14)15)3-4-9(10)12/h3-4,7,13H,5-6,12H2,1-2H3. The van der Waals surface area contributed by atoms with Gasteiger partial charge in [-0.2, -0.15) is 0 Å². The van der Waals surface area contributed by atoms with E-state index in [0.717, 1.165) is 25.2 Å². The Hall–Kier alpha value is -1.12. The molecule has 19 heavy (non-hydrogen) atoms. The van der Waals surface area contributed by atoms with Crippen LogP contribution in [-0.2, 0) is 19.9 Å². The van der Waals surface area contributed by atoms with Gasteiger partial charge in [-0.15, -0.1) is 0 Å². The smallest absolute Gasteiger partial charge is 0.243 e. The summed E-state index contributed by atoms with van der Waals surface area (Å²) in [6, 6.07) is 3.68. The zero-order valence-electron chi connectivity index (χ0n) is 10.7. The number of nitrogen functional groups attached to an aromatic ring is 1. The van der Waals surface area contributed by atoms with E-state index in [4.69, 9.17) is 5.73 Å². The van der Waals surface area contributed by atoms with Crippen LogP contribution in [0.4, 0.5) is 5.69 Å². The van der Waals surface area contributed by atoms with Gasteiger partial charge in [0.05, 0.1) is 10.6 Å². The van der Waals surface area contributed by atoms with E-state index in [1.54, 1.807) is 6.92 Å². The maximum atomic E-state index is 12.2. The number of hydrogen-bond acceptors (Lipinski definition) is 5. The van der Waals surface area contributed by atoms with E-state index in [-0.39, 0.29) is 15.5 Å². The molecule has 1 aliphatic rings. The van der Waals surface area contributed by atoms with Crippen molar-refractivity contribution in [1.82, 2.24) is 4.72 Å². The van der Waals surface area contributed by atoms with Crippen LogP contribution in [0.2, 0.25) is 0 Å². The van der Waals surface area contributed by atoms with Crippen molar-refractivity contribution < 1.29 is 16.8 Å². The van der Waals surface area contributed by atoms with Crippen molar-refractivity contribution in [2.45, 2.75) is 35.1 Å². The maximum absolute atomic E-state index is 12.2. The molecule has 2 rings (SSSR count). The number of benzene rings is 1. The average Bonchev–Trinajstić information content (AvgIpc) is 2.93. The average molecular weight is 304 g/mol. The molecule has 1 fully saturated rings. The molecule has 0 aromatic heterocycles. The van der Waals surface area contributed by atoms with Crippen molar-refractivity contribution in [2.24, 2.45) is 0 Å². The van der Waals surface area contributed by atoms with Crippen LogP contribution >= 0.6 is 0 Å². The summed E-state index contributed by atoms with van der Waals surface area (Å²) in [5.41, 5.74) is 5.24. The molecule has 0 heterocycles. The fraction of sp³-hybridized carbons (Fsp3) is 0.455. The first-order chi connectivity index (χ1) is 8.54. The molecule has 0 bridgehead atoms. The Morgan fingerprint density at radius 2 is 1.79 bits per heavy atom. The van der Waals surface area contributed by atoms with E-state index in [9.17, 15) is 16.8 Å². The van der Waals surface area contributed by atoms with Gasteiger partial charge in [0.2, 0.25) is 10.0 Å². The molecule has 0 unspecified atom stereocenters. The normalized spacial score (nSPS) is 18.2. The van der Waals surface area contributed by atoms with Gasteiger partial charge in [0.15, 0.2) is 9.84 Å². The monoisotopic (exact) mass is 304 g/mol. The van der Waals surface area contributed by atoms with Gasteiger partial charge in [-0.25, -0.2) is 21.6 Å². The molecule has 1 aliphatic carbocycles. The summed E-state index contributed by atoms with van der Waals surface area (Å²) < 4.78 is 49.9. The highest BCUT2D eigenvalue weighted by Crippen LogP contribution is 2.36. The Bertz CT molecular complexity index is 719. The Labute approximate surface area is 113 Å². The van der Waals surface area contributed by atoms with Gasteiger partial charge >= 0.3 is 0 Å². The zero-order chi connectivity index (χ0) is 14.5. The minimum atomic E-state index is -3.81. The van der Waals surface area contributed by atoms with Crippen LogP contribution < -0.4 is 10.5 Å². The van der Waals surface area contributed by atoms with Crippen LogP contribution in [0.3, 0.4) is 0 Å². The molecular formula is C11H16N2O4S2. The largest absolute Gasteiger partial charge is 0.398 e. The highest BCUT2D eigenvalue weighted by Gasteiger charge is 2.41. The van der Waals surface area contributed by atoms with Gasteiger partial charge in [0.1, 0.15) is 4.90 Å². The second-order valence-corrected chi connectivity index (χ2v) is 8.80. The molecule has 106 valence electrons. The summed E-state index contributed by atoms with van der Waals surface area (Å²) in [6.07, 6.45) is 2.54. The molecule has 0 atom stereocenters. The van der Waals surface area contributed by atoms with Gasteiger partial charge in [-0.05, 0) is 38.0 Å². The van der Waals surface area contributed by atoms with Gasteiger partial charge in [0.25, 0.3) is 0 Å². The summed E-state index contributed by atoms with van der Waals surface area (Å²) in [4.78, 5) is -0.258. The first-order valence-electron chi connectivity index (χ1n) is 5.67. The number of nitrogens with two attached hydrogens (primary N) is 1. The maximum Gasteiger partial charge on any atom is 0.243 e. The first-order valence-corrected chi connectivity index (χ1v) is 9.05. The Morgan fingerprint density at radius 3 is 2.26 bits per heavy atom. The van der Waals surface area contributed by atoms with Crippen LogP contribution in [0.15, 0.2) is 28.0 Å². The summed E-state index contributed by atoms with van der Waals surface area (Å²) in [5, 5.41) is 0. The van der Waals surface area contributed by atoms with Crippen molar-refractivity contribution in [1.29, 1.82) is 0 Å². The van der Waals surface area contributed by atoms with E-state index >= 15 is 0 Å². The number of sulfonamides is 1. The third-order valence-electron chi connectivity index (χ3n) is 3.08. The number of rotatable bonds is 4. The minimum absolute atomic E-state index is 0.0316. The van der Waals surface area contributed by atoms with E-state index in [0.29, 0.717) is 0 Å². The van der Waals surface area contributed by atoms with Gasteiger partial charge in [-0.3, -0.25) is 0 Å². The molecule has 3 N–H and O–H groups in total. The predicted octanol–water partition coefficient (Wildman–Crippen LogP) is 0.503. The summed E-state index contributed by atoms with van der Waals surface area (Å²) in [7, 11) is -7.29. The SMILES string of the molecule is CC1(NS(=O)(=O)c2cc(S(C)(=O)=O)ccc2N)CC1. The molecule has 1 saturated carbocycles. The van der Waals surface area contributed by atoms with Crippen molar-refractivity contribution in [2.75, 3.05) is 12.0 Å². The quantitative estimate of drug-likeness (QED) is 0.788. The second-order valence-electron chi connectivity index (χ2n) is 5.14. The number of nitrogens with one attached hydrogen (secondary N) is 1. The summed E-state index contributed by atoms with van der Waals surface area (Å²) in [6.45, 7) is 1.79. The van der Waals surface area contributed by atoms with Crippen molar-refractivity contribution in [3.05, 3.63) is 18.2 Å². The molecule has 0 saturated heterocycles. The summed E-state index contributed by atoms with van der Waals surface area (Å²) in [5.74, 6) is 0. The van der Waals surface area contributed by atoms with Gasteiger partial charge in [0, 0.05) is 11.8 Å². The lowest BCUT2D eigenvalue weighted by Crippen LogP contribution is -2.34. The third-order valence-corrected chi connectivity index (χ3v) is 5.89. The van der Waals surface area contributed by atoms with Crippen LogP contribution in [0.5, 0.6) is 0 Å². The lowest BCUT2D eigenvalue weighted by molar-refractivity contribution is 0.558. The molecule has 0 radical (unpaired) electrons. The van der Waals surface area contributed by atoms with E-state index in [1.165, 1.54) is 12.1 Å². The third kappa shape index (κ3) is 3.07.